The molecule has 1 N–H and O–H groups in total. The normalized spacial score (nSPS) is 10.2. The predicted molar refractivity (Wildman–Crippen MR) is 63.3 cm³/mol. The van der Waals surface area contributed by atoms with Gasteiger partial charge < -0.3 is 9.72 Å². The molecule has 0 bridgehead atoms. The first-order chi connectivity index (χ1) is 8.18. The number of ether oxygens (including phenoxy) is 1. The number of nitrogens with zero attached hydrogens (tertiary/aromatic N) is 1. The summed E-state index contributed by atoms with van der Waals surface area (Å²) in [5, 5.41) is 0. The highest BCUT2D eigenvalue weighted by Crippen LogP contribution is 2.18. The molecule has 88 valence electrons. The molecule has 1 aromatic carbocycles. The van der Waals surface area contributed by atoms with Crippen molar-refractivity contribution in [2.24, 2.45) is 0 Å². The summed E-state index contributed by atoms with van der Waals surface area (Å²) < 4.78 is 18.7. The van der Waals surface area contributed by atoms with Gasteiger partial charge in [-0.1, -0.05) is 18.2 Å². The molecule has 0 aliphatic carbocycles. The Bertz CT molecular complexity index is 586. The number of H-pyrrole nitrogens is 1. The zero-order valence-corrected chi connectivity index (χ0v) is 10.2. The van der Waals surface area contributed by atoms with Crippen molar-refractivity contribution in [3.8, 4) is 5.88 Å². The summed E-state index contributed by atoms with van der Waals surface area (Å²) in [5.41, 5.74) is 0.0602. The van der Waals surface area contributed by atoms with E-state index in [4.69, 9.17) is 4.74 Å². The third kappa shape index (κ3) is 2.71. The van der Waals surface area contributed by atoms with E-state index in [1.165, 1.54) is 12.4 Å². The second kappa shape index (κ2) is 5.09. The quantitative estimate of drug-likeness (QED) is 0.945. The summed E-state index contributed by atoms with van der Waals surface area (Å²) >= 11 is 3.05. The molecule has 2 rings (SSSR count). The Balaban J connectivity index is 2.16. The molecule has 0 amide bonds. The number of aromatic nitrogens is 2. The van der Waals surface area contributed by atoms with Gasteiger partial charge in [0, 0.05) is 5.56 Å². The molecule has 6 heteroatoms. The molecule has 0 saturated heterocycles. The van der Waals surface area contributed by atoms with Crippen LogP contribution in [-0.2, 0) is 6.61 Å². The van der Waals surface area contributed by atoms with E-state index in [1.807, 2.05) is 0 Å². The first kappa shape index (κ1) is 11.8. The van der Waals surface area contributed by atoms with Crippen LogP contribution in [0.2, 0.25) is 0 Å². The Kier molecular flexibility index (Phi) is 3.53. The van der Waals surface area contributed by atoms with Crippen LogP contribution in [0.25, 0.3) is 0 Å². The van der Waals surface area contributed by atoms with Crippen LogP contribution < -0.4 is 10.3 Å². The molecule has 17 heavy (non-hydrogen) atoms. The van der Waals surface area contributed by atoms with Crippen molar-refractivity contribution in [1.29, 1.82) is 0 Å². The van der Waals surface area contributed by atoms with Crippen molar-refractivity contribution in [3.63, 3.8) is 0 Å². The molecule has 0 fully saturated rings. The third-order valence-corrected chi connectivity index (χ3v) is 2.79. The van der Waals surface area contributed by atoms with Crippen LogP contribution in [0.3, 0.4) is 0 Å². The fourth-order valence-corrected chi connectivity index (χ4v) is 1.56. The van der Waals surface area contributed by atoms with E-state index in [0.717, 1.165) is 0 Å². The van der Waals surface area contributed by atoms with E-state index in [1.54, 1.807) is 18.2 Å². The van der Waals surface area contributed by atoms with Gasteiger partial charge in [0.05, 0.1) is 6.33 Å². The maximum absolute atomic E-state index is 13.3. The lowest BCUT2D eigenvalue weighted by atomic mass is 10.2. The van der Waals surface area contributed by atoms with Crippen LogP contribution in [0.15, 0.2) is 39.9 Å². The van der Waals surface area contributed by atoms with E-state index >= 15 is 0 Å². The molecule has 0 atom stereocenters. The van der Waals surface area contributed by atoms with Crippen LogP contribution in [0.5, 0.6) is 5.88 Å². The standard InChI is InChI=1S/C11H8BrFN2O2/c12-9-10(16)14-6-15-11(9)17-5-7-3-1-2-4-8(7)13/h1-4,6H,5H2,(H,14,15,16). The molecule has 0 unspecified atom stereocenters. The van der Waals surface area contributed by atoms with Gasteiger partial charge in [-0.15, -0.1) is 0 Å². The second-order valence-electron chi connectivity index (χ2n) is 3.23. The number of nitrogens with one attached hydrogen (secondary N) is 1. The minimum Gasteiger partial charge on any atom is -0.472 e. The Labute approximate surface area is 105 Å². The van der Waals surface area contributed by atoms with E-state index < -0.39 is 0 Å². The van der Waals surface area contributed by atoms with Gasteiger partial charge in [-0.2, -0.15) is 0 Å². The van der Waals surface area contributed by atoms with Crippen molar-refractivity contribution < 1.29 is 9.13 Å². The summed E-state index contributed by atoms with van der Waals surface area (Å²) in [6.45, 7) is 0.0156. The van der Waals surface area contributed by atoms with Crippen molar-refractivity contribution >= 4 is 15.9 Å². The molecular formula is C11H8BrFN2O2. The summed E-state index contributed by atoms with van der Waals surface area (Å²) in [6.07, 6.45) is 1.23. The van der Waals surface area contributed by atoms with E-state index in [0.29, 0.717) is 5.56 Å². The van der Waals surface area contributed by atoms with Crippen molar-refractivity contribution in [2.45, 2.75) is 6.61 Å². The smallest absolute Gasteiger partial charge is 0.268 e. The summed E-state index contributed by atoms with van der Waals surface area (Å²) in [4.78, 5) is 17.4. The monoisotopic (exact) mass is 298 g/mol. The lowest BCUT2D eigenvalue weighted by Gasteiger charge is -2.06. The van der Waals surface area contributed by atoms with Crippen LogP contribution in [0, 0.1) is 5.82 Å². The molecule has 0 aliphatic rings. The minimum absolute atomic E-state index is 0.0156. The molecule has 1 heterocycles. The average molecular weight is 299 g/mol. The van der Waals surface area contributed by atoms with Gasteiger partial charge in [0.1, 0.15) is 16.9 Å². The maximum atomic E-state index is 13.3. The van der Waals surface area contributed by atoms with Gasteiger partial charge in [-0.25, -0.2) is 9.37 Å². The van der Waals surface area contributed by atoms with Crippen molar-refractivity contribution in [3.05, 3.63) is 56.8 Å². The number of halogens is 2. The fraction of sp³-hybridized carbons (Fsp3) is 0.0909. The van der Waals surface area contributed by atoms with E-state index in [-0.39, 0.29) is 28.3 Å². The predicted octanol–water partition coefficient (Wildman–Crippen LogP) is 2.25. The van der Waals surface area contributed by atoms with Gasteiger partial charge in [-0.3, -0.25) is 4.79 Å². The van der Waals surface area contributed by atoms with Crippen LogP contribution in [0.1, 0.15) is 5.56 Å². The first-order valence-corrected chi connectivity index (χ1v) is 5.57. The molecule has 0 aliphatic heterocycles. The van der Waals surface area contributed by atoms with Gasteiger partial charge in [0.25, 0.3) is 5.56 Å². The Morgan fingerprint density at radius 1 is 1.41 bits per heavy atom. The van der Waals surface area contributed by atoms with Crippen LogP contribution in [-0.4, -0.2) is 9.97 Å². The summed E-state index contributed by atoms with van der Waals surface area (Å²) in [5.74, 6) is -0.217. The minimum atomic E-state index is -0.353. The van der Waals surface area contributed by atoms with E-state index in [2.05, 4.69) is 25.9 Å². The molecule has 1 aromatic heterocycles. The third-order valence-electron chi connectivity index (χ3n) is 2.09. The molecule has 0 saturated carbocycles. The van der Waals surface area contributed by atoms with Crippen LogP contribution in [0.4, 0.5) is 4.39 Å². The van der Waals surface area contributed by atoms with Crippen molar-refractivity contribution in [2.75, 3.05) is 0 Å². The zero-order chi connectivity index (χ0) is 12.3. The molecule has 0 radical (unpaired) electrons. The Morgan fingerprint density at radius 3 is 2.94 bits per heavy atom. The van der Waals surface area contributed by atoms with Gasteiger partial charge in [-0.05, 0) is 22.0 Å². The van der Waals surface area contributed by atoms with Crippen molar-refractivity contribution in [1.82, 2.24) is 9.97 Å². The Morgan fingerprint density at radius 2 is 2.18 bits per heavy atom. The molecule has 0 spiro atoms. The maximum Gasteiger partial charge on any atom is 0.268 e. The average Bonchev–Trinajstić information content (AvgIpc) is 2.33. The highest BCUT2D eigenvalue weighted by Gasteiger charge is 2.08. The molecule has 2 aromatic rings. The SMILES string of the molecule is O=c1[nH]cnc(OCc2ccccc2F)c1Br. The van der Waals surface area contributed by atoms with Gasteiger partial charge in [0.2, 0.25) is 5.88 Å². The number of aromatic amines is 1. The molecule has 4 nitrogen and oxygen atoms in total. The Hall–Kier alpha value is -1.69. The largest absolute Gasteiger partial charge is 0.472 e. The topological polar surface area (TPSA) is 55.0 Å². The summed E-state index contributed by atoms with van der Waals surface area (Å²) in [7, 11) is 0. The highest BCUT2D eigenvalue weighted by molar-refractivity contribution is 9.10. The highest BCUT2D eigenvalue weighted by atomic mass is 79.9. The number of benzene rings is 1. The molecular weight excluding hydrogens is 291 g/mol. The zero-order valence-electron chi connectivity index (χ0n) is 8.61. The second-order valence-corrected chi connectivity index (χ2v) is 4.02. The number of hydrogen-bond donors (Lipinski definition) is 1. The van der Waals surface area contributed by atoms with E-state index in [9.17, 15) is 9.18 Å². The van der Waals surface area contributed by atoms with Gasteiger partial charge >= 0.3 is 0 Å². The lowest BCUT2D eigenvalue weighted by molar-refractivity contribution is 0.285. The number of hydrogen-bond acceptors (Lipinski definition) is 3. The first-order valence-electron chi connectivity index (χ1n) is 4.78. The summed E-state index contributed by atoms with van der Waals surface area (Å²) in [6, 6.07) is 6.26. The number of rotatable bonds is 3. The fourth-order valence-electron chi connectivity index (χ4n) is 1.23. The van der Waals surface area contributed by atoms with Crippen LogP contribution >= 0.6 is 15.9 Å². The lowest BCUT2D eigenvalue weighted by Crippen LogP contribution is -2.10. The van der Waals surface area contributed by atoms with Gasteiger partial charge in [0.15, 0.2) is 0 Å².